The average molecular weight is 391 g/mol. The van der Waals surface area contributed by atoms with Gasteiger partial charge in [0, 0.05) is 23.6 Å². The zero-order valence-corrected chi connectivity index (χ0v) is 16.5. The van der Waals surface area contributed by atoms with Gasteiger partial charge in [-0.2, -0.15) is 5.10 Å². The summed E-state index contributed by atoms with van der Waals surface area (Å²) in [5.41, 5.74) is 3.40. The molecular formula is C22H25N5O2. The van der Waals surface area contributed by atoms with Crippen LogP contribution < -0.4 is 10.9 Å². The Morgan fingerprint density at radius 3 is 2.66 bits per heavy atom. The maximum absolute atomic E-state index is 12.7. The molecule has 2 N–H and O–H groups in total. The second-order valence-corrected chi connectivity index (χ2v) is 8.35. The van der Waals surface area contributed by atoms with Crippen molar-refractivity contribution in [1.82, 2.24) is 25.1 Å². The molecule has 1 aromatic carbocycles. The van der Waals surface area contributed by atoms with Gasteiger partial charge >= 0.3 is 0 Å². The molecule has 150 valence electrons. The number of hydrogen-bond donors (Lipinski definition) is 2. The van der Waals surface area contributed by atoms with Gasteiger partial charge in [-0.3, -0.25) is 9.59 Å². The number of aromatic amines is 1. The van der Waals surface area contributed by atoms with Gasteiger partial charge in [-0.15, -0.1) is 0 Å². The quantitative estimate of drug-likeness (QED) is 0.714. The van der Waals surface area contributed by atoms with Crippen molar-refractivity contribution < 1.29 is 4.79 Å². The highest BCUT2D eigenvalue weighted by atomic mass is 16.1. The van der Waals surface area contributed by atoms with Gasteiger partial charge in [-0.05, 0) is 69.7 Å². The second kappa shape index (κ2) is 7.13. The van der Waals surface area contributed by atoms with Crippen molar-refractivity contribution in [1.29, 1.82) is 0 Å². The smallest absolute Gasteiger partial charge is 0.267 e. The summed E-state index contributed by atoms with van der Waals surface area (Å²) in [4.78, 5) is 32.5. The SMILES string of the molecule is Cc1nc2ccc(C(=O)NC3CCC(n4nc(C5CC5)ccc4=O)CC3)cc2[nH]1. The fourth-order valence-electron chi connectivity index (χ4n) is 4.31. The van der Waals surface area contributed by atoms with Crippen LogP contribution in [0.15, 0.2) is 35.1 Å². The first-order valence-electron chi connectivity index (χ1n) is 10.4. The lowest BCUT2D eigenvalue weighted by Crippen LogP contribution is -2.39. The number of hydrogen-bond acceptors (Lipinski definition) is 4. The Bertz CT molecular complexity index is 1120. The Balaban J connectivity index is 1.23. The number of H-pyrrole nitrogens is 1. The van der Waals surface area contributed by atoms with Crippen LogP contribution in [0.3, 0.4) is 0 Å². The number of carbonyl (C=O) groups excluding carboxylic acids is 1. The molecule has 3 aromatic rings. The zero-order chi connectivity index (χ0) is 20.0. The molecule has 29 heavy (non-hydrogen) atoms. The minimum absolute atomic E-state index is 0.0231. The topological polar surface area (TPSA) is 92.7 Å². The lowest BCUT2D eigenvalue weighted by atomic mass is 9.91. The van der Waals surface area contributed by atoms with Gasteiger partial charge in [-0.25, -0.2) is 9.67 Å². The van der Waals surface area contributed by atoms with E-state index in [9.17, 15) is 9.59 Å². The molecule has 5 rings (SSSR count). The fraction of sp³-hybridized carbons (Fsp3) is 0.455. The van der Waals surface area contributed by atoms with E-state index < -0.39 is 0 Å². The number of rotatable bonds is 4. The molecule has 2 heterocycles. The number of amides is 1. The van der Waals surface area contributed by atoms with E-state index in [-0.39, 0.29) is 23.6 Å². The summed E-state index contributed by atoms with van der Waals surface area (Å²) in [6, 6.07) is 9.32. The van der Waals surface area contributed by atoms with E-state index in [4.69, 9.17) is 0 Å². The second-order valence-electron chi connectivity index (χ2n) is 8.35. The molecule has 2 saturated carbocycles. The highest BCUT2D eigenvalue weighted by Gasteiger charge is 2.28. The normalized spacial score (nSPS) is 22.0. The molecule has 0 aliphatic heterocycles. The van der Waals surface area contributed by atoms with Gasteiger partial charge in [0.1, 0.15) is 5.82 Å². The molecule has 2 aromatic heterocycles. The summed E-state index contributed by atoms with van der Waals surface area (Å²) >= 11 is 0. The van der Waals surface area contributed by atoms with Crippen molar-refractivity contribution in [3.63, 3.8) is 0 Å². The molecule has 7 nitrogen and oxygen atoms in total. The van der Waals surface area contributed by atoms with Crippen LogP contribution in [0, 0.1) is 6.92 Å². The third-order valence-electron chi connectivity index (χ3n) is 6.08. The van der Waals surface area contributed by atoms with Crippen molar-refractivity contribution in [3.8, 4) is 0 Å². The molecule has 2 aliphatic carbocycles. The fourth-order valence-corrected chi connectivity index (χ4v) is 4.31. The number of aromatic nitrogens is 4. The first-order valence-corrected chi connectivity index (χ1v) is 10.4. The Hall–Kier alpha value is -2.96. The Morgan fingerprint density at radius 2 is 1.90 bits per heavy atom. The first kappa shape index (κ1) is 18.1. The largest absolute Gasteiger partial charge is 0.349 e. The van der Waals surface area contributed by atoms with Crippen LogP contribution in [-0.2, 0) is 0 Å². The zero-order valence-electron chi connectivity index (χ0n) is 16.5. The van der Waals surface area contributed by atoms with E-state index in [1.165, 1.54) is 12.8 Å². The van der Waals surface area contributed by atoms with Crippen LogP contribution in [0.25, 0.3) is 11.0 Å². The molecule has 2 fully saturated rings. The van der Waals surface area contributed by atoms with Crippen LogP contribution in [0.4, 0.5) is 0 Å². The van der Waals surface area contributed by atoms with E-state index in [0.717, 1.165) is 48.2 Å². The van der Waals surface area contributed by atoms with E-state index in [2.05, 4.69) is 20.4 Å². The summed E-state index contributed by atoms with van der Waals surface area (Å²) in [6.45, 7) is 1.90. The van der Waals surface area contributed by atoms with Crippen LogP contribution >= 0.6 is 0 Å². The standard InChI is InChI=1S/C22H25N5O2/c1-13-23-19-9-4-15(12-20(19)24-13)22(29)25-16-5-7-17(8-6-16)27-21(28)11-10-18(26-27)14-2-3-14/h4,9-12,14,16-17H,2-3,5-8H2,1H3,(H,23,24)(H,25,29). The van der Waals surface area contributed by atoms with E-state index in [0.29, 0.717) is 11.5 Å². The number of carbonyl (C=O) groups is 1. The molecule has 0 unspecified atom stereocenters. The number of fused-ring (bicyclic) bond motifs is 1. The number of benzene rings is 1. The summed E-state index contributed by atoms with van der Waals surface area (Å²) in [6.07, 6.45) is 5.75. The summed E-state index contributed by atoms with van der Waals surface area (Å²) < 4.78 is 1.68. The van der Waals surface area contributed by atoms with Crippen molar-refractivity contribution >= 4 is 16.9 Å². The first-order chi connectivity index (χ1) is 14.1. The number of imidazole rings is 1. The van der Waals surface area contributed by atoms with Crippen molar-refractivity contribution in [2.75, 3.05) is 0 Å². The van der Waals surface area contributed by atoms with Gasteiger partial charge in [0.05, 0.1) is 22.8 Å². The van der Waals surface area contributed by atoms with Gasteiger partial charge < -0.3 is 10.3 Å². The number of nitrogens with one attached hydrogen (secondary N) is 2. The number of aryl methyl sites for hydroxylation is 1. The molecule has 0 radical (unpaired) electrons. The van der Waals surface area contributed by atoms with Crippen LogP contribution in [0.1, 0.15) is 72.4 Å². The van der Waals surface area contributed by atoms with Crippen LogP contribution in [-0.4, -0.2) is 31.7 Å². The predicted molar refractivity (Wildman–Crippen MR) is 110 cm³/mol. The predicted octanol–water partition coefficient (Wildman–Crippen LogP) is 3.22. The summed E-state index contributed by atoms with van der Waals surface area (Å²) in [7, 11) is 0. The lowest BCUT2D eigenvalue weighted by molar-refractivity contribution is 0.0921. The molecule has 0 atom stereocenters. The Morgan fingerprint density at radius 1 is 1.10 bits per heavy atom. The van der Waals surface area contributed by atoms with Crippen molar-refractivity contribution in [2.24, 2.45) is 0 Å². The van der Waals surface area contributed by atoms with E-state index >= 15 is 0 Å². The molecule has 0 spiro atoms. The molecular weight excluding hydrogens is 366 g/mol. The minimum Gasteiger partial charge on any atom is -0.349 e. The molecule has 0 bridgehead atoms. The molecule has 7 heteroatoms. The maximum atomic E-state index is 12.7. The van der Waals surface area contributed by atoms with E-state index in [1.807, 2.05) is 31.2 Å². The van der Waals surface area contributed by atoms with Crippen LogP contribution in [0.2, 0.25) is 0 Å². The molecule has 2 aliphatic rings. The molecule has 1 amide bonds. The average Bonchev–Trinajstić information content (AvgIpc) is 3.49. The Labute approximate surface area is 168 Å². The monoisotopic (exact) mass is 391 g/mol. The van der Waals surface area contributed by atoms with Crippen molar-refractivity contribution in [2.45, 2.75) is 63.5 Å². The van der Waals surface area contributed by atoms with Gasteiger partial charge in [-0.1, -0.05) is 0 Å². The lowest BCUT2D eigenvalue weighted by Gasteiger charge is -2.29. The van der Waals surface area contributed by atoms with Gasteiger partial charge in [0.25, 0.3) is 11.5 Å². The maximum Gasteiger partial charge on any atom is 0.267 e. The van der Waals surface area contributed by atoms with E-state index in [1.54, 1.807) is 10.7 Å². The summed E-state index contributed by atoms with van der Waals surface area (Å²) in [5.74, 6) is 1.31. The third-order valence-corrected chi connectivity index (χ3v) is 6.08. The van der Waals surface area contributed by atoms with Crippen molar-refractivity contribution in [3.05, 3.63) is 57.8 Å². The highest BCUT2D eigenvalue weighted by Crippen LogP contribution is 2.38. The van der Waals surface area contributed by atoms with Gasteiger partial charge in [0.15, 0.2) is 0 Å². The number of nitrogens with zero attached hydrogens (tertiary/aromatic N) is 3. The summed E-state index contributed by atoms with van der Waals surface area (Å²) in [5, 5.41) is 7.78. The third kappa shape index (κ3) is 3.69. The Kier molecular flexibility index (Phi) is 4.45. The van der Waals surface area contributed by atoms with Gasteiger partial charge in [0.2, 0.25) is 0 Å². The highest BCUT2D eigenvalue weighted by molar-refractivity contribution is 5.97. The molecule has 0 saturated heterocycles. The minimum atomic E-state index is -0.0615. The van der Waals surface area contributed by atoms with Crippen LogP contribution in [0.5, 0.6) is 0 Å².